The van der Waals surface area contributed by atoms with Crippen molar-refractivity contribution in [3.8, 4) is 0 Å². The van der Waals surface area contributed by atoms with Crippen molar-refractivity contribution < 1.29 is 0 Å². The second-order valence-electron chi connectivity index (χ2n) is 5.69. The van der Waals surface area contributed by atoms with Crippen molar-refractivity contribution in [3.63, 3.8) is 0 Å². The third-order valence-corrected chi connectivity index (χ3v) is 5.24. The smallest absolute Gasteiger partial charge is 0.271 e. The van der Waals surface area contributed by atoms with Gasteiger partial charge < -0.3 is 5.32 Å². The summed E-state index contributed by atoms with van der Waals surface area (Å²) in [5.74, 6) is 0.840. The molecule has 5 heteroatoms. The number of aryl methyl sites for hydroxylation is 1. The van der Waals surface area contributed by atoms with E-state index in [0.717, 1.165) is 34.8 Å². The quantitative estimate of drug-likeness (QED) is 0.861. The van der Waals surface area contributed by atoms with Gasteiger partial charge in [0.25, 0.3) is 5.56 Å². The van der Waals surface area contributed by atoms with E-state index in [1.165, 1.54) is 37.0 Å². The first kappa shape index (κ1) is 13.8. The number of nitrogens with zero attached hydrogens (tertiary/aromatic N) is 2. The van der Waals surface area contributed by atoms with Gasteiger partial charge in [-0.25, -0.2) is 4.98 Å². The second-order valence-corrected chi connectivity index (χ2v) is 6.57. The topological polar surface area (TPSA) is 46.9 Å². The molecule has 2 aromatic rings. The molecule has 1 N–H and O–H groups in total. The molecule has 0 spiro atoms. The van der Waals surface area contributed by atoms with Gasteiger partial charge >= 0.3 is 0 Å². The molecule has 2 heterocycles. The van der Waals surface area contributed by atoms with Crippen molar-refractivity contribution in [1.29, 1.82) is 0 Å². The largest absolute Gasteiger partial charge is 0.315 e. The monoisotopic (exact) mass is 291 g/mol. The molecule has 2 aromatic heterocycles. The van der Waals surface area contributed by atoms with E-state index in [9.17, 15) is 4.79 Å². The number of thiophene rings is 1. The molecule has 0 atom stereocenters. The molecule has 0 unspecified atom stereocenters. The zero-order valence-corrected chi connectivity index (χ0v) is 12.7. The van der Waals surface area contributed by atoms with E-state index in [-0.39, 0.29) is 5.56 Å². The standard InChI is InChI=1S/C15H21N3OS/c1-11-9-20-14-13(11)17-10-18(15(14)19)7-6-16-8-12-4-2-3-5-12/h9-10,12,16H,2-8H2,1H3. The van der Waals surface area contributed by atoms with Crippen molar-refractivity contribution in [2.24, 2.45) is 5.92 Å². The average Bonchev–Trinajstić information content (AvgIpc) is 3.08. The van der Waals surface area contributed by atoms with Crippen LogP contribution < -0.4 is 10.9 Å². The fourth-order valence-electron chi connectivity index (χ4n) is 2.94. The Labute approximate surface area is 122 Å². The molecule has 0 amide bonds. The minimum Gasteiger partial charge on any atom is -0.315 e. The van der Waals surface area contributed by atoms with E-state index in [0.29, 0.717) is 6.54 Å². The molecule has 4 nitrogen and oxygen atoms in total. The van der Waals surface area contributed by atoms with Crippen LogP contribution in [0.1, 0.15) is 31.2 Å². The third-order valence-electron chi connectivity index (χ3n) is 4.16. The highest BCUT2D eigenvalue weighted by molar-refractivity contribution is 7.17. The summed E-state index contributed by atoms with van der Waals surface area (Å²) in [5.41, 5.74) is 2.04. The third kappa shape index (κ3) is 2.79. The van der Waals surface area contributed by atoms with Crippen molar-refractivity contribution in [2.45, 2.75) is 39.2 Å². The van der Waals surface area contributed by atoms with Crippen LogP contribution in [0.3, 0.4) is 0 Å². The van der Waals surface area contributed by atoms with Gasteiger partial charge in [0, 0.05) is 13.1 Å². The van der Waals surface area contributed by atoms with E-state index >= 15 is 0 Å². The van der Waals surface area contributed by atoms with Gasteiger partial charge in [0.05, 0.1) is 11.8 Å². The predicted molar refractivity (Wildman–Crippen MR) is 83.4 cm³/mol. The number of nitrogens with one attached hydrogen (secondary N) is 1. The predicted octanol–water partition coefficient (Wildman–Crippen LogP) is 2.55. The van der Waals surface area contributed by atoms with Crippen LogP contribution in [0.4, 0.5) is 0 Å². The highest BCUT2D eigenvalue weighted by Gasteiger charge is 2.14. The average molecular weight is 291 g/mol. The Morgan fingerprint density at radius 2 is 2.25 bits per heavy atom. The molecule has 1 aliphatic carbocycles. The normalized spacial score (nSPS) is 16.2. The van der Waals surface area contributed by atoms with E-state index in [1.54, 1.807) is 10.9 Å². The van der Waals surface area contributed by atoms with Gasteiger partial charge in [-0.1, -0.05) is 12.8 Å². The van der Waals surface area contributed by atoms with Crippen LogP contribution in [0.25, 0.3) is 10.2 Å². The van der Waals surface area contributed by atoms with E-state index in [1.807, 2.05) is 12.3 Å². The lowest BCUT2D eigenvalue weighted by Crippen LogP contribution is -2.29. The first-order valence-electron chi connectivity index (χ1n) is 7.39. The molecule has 0 aliphatic heterocycles. The molecule has 0 bridgehead atoms. The van der Waals surface area contributed by atoms with Crippen molar-refractivity contribution >= 4 is 21.6 Å². The first-order valence-corrected chi connectivity index (χ1v) is 8.27. The maximum Gasteiger partial charge on any atom is 0.271 e. The molecule has 1 saturated carbocycles. The maximum absolute atomic E-state index is 12.3. The van der Waals surface area contributed by atoms with Crippen LogP contribution in [0.2, 0.25) is 0 Å². The maximum atomic E-state index is 12.3. The van der Waals surface area contributed by atoms with Gasteiger partial charge in [-0.15, -0.1) is 11.3 Å². The Balaban J connectivity index is 1.60. The fourth-order valence-corrected chi connectivity index (χ4v) is 3.89. The summed E-state index contributed by atoms with van der Waals surface area (Å²) in [6.07, 6.45) is 7.15. The van der Waals surface area contributed by atoms with Crippen LogP contribution in [0.15, 0.2) is 16.5 Å². The van der Waals surface area contributed by atoms with E-state index in [2.05, 4.69) is 10.3 Å². The van der Waals surface area contributed by atoms with E-state index < -0.39 is 0 Å². The number of hydrogen-bond acceptors (Lipinski definition) is 4. The summed E-state index contributed by atoms with van der Waals surface area (Å²) in [7, 11) is 0. The lowest BCUT2D eigenvalue weighted by molar-refractivity contribution is 0.473. The Morgan fingerprint density at radius 3 is 3.05 bits per heavy atom. The zero-order chi connectivity index (χ0) is 13.9. The lowest BCUT2D eigenvalue weighted by atomic mass is 10.1. The molecular weight excluding hydrogens is 270 g/mol. The summed E-state index contributed by atoms with van der Waals surface area (Å²) in [6, 6.07) is 0. The number of hydrogen-bond donors (Lipinski definition) is 1. The summed E-state index contributed by atoms with van der Waals surface area (Å²) >= 11 is 1.50. The Kier molecular flexibility index (Phi) is 4.17. The van der Waals surface area contributed by atoms with Gasteiger partial charge in [-0.2, -0.15) is 0 Å². The molecule has 0 radical (unpaired) electrons. The molecular formula is C15H21N3OS. The number of fused-ring (bicyclic) bond motifs is 1. The summed E-state index contributed by atoms with van der Waals surface area (Å²) in [5, 5.41) is 5.47. The van der Waals surface area contributed by atoms with Crippen LogP contribution >= 0.6 is 11.3 Å². The van der Waals surface area contributed by atoms with Gasteiger partial charge in [0.2, 0.25) is 0 Å². The molecule has 0 aromatic carbocycles. The molecule has 0 saturated heterocycles. The summed E-state index contributed by atoms with van der Waals surface area (Å²) < 4.78 is 2.50. The van der Waals surface area contributed by atoms with Gasteiger partial charge in [-0.05, 0) is 43.2 Å². The summed E-state index contributed by atoms with van der Waals surface area (Å²) in [4.78, 5) is 16.7. The Hall–Kier alpha value is -1.20. The highest BCUT2D eigenvalue weighted by Crippen LogP contribution is 2.23. The minimum absolute atomic E-state index is 0.0933. The number of aromatic nitrogens is 2. The number of rotatable bonds is 5. The zero-order valence-electron chi connectivity index (χ0n) is 11.9. The van der Waals surface area contributed by atoms with Gasteiger partial charge in [-0.3, -0.25) is 9.36 Å². The van der Waals surface area contributed by atoms with Gasteiger partial charge in [0.1, 0.15) is 4.70 Å². The fraction of sp³-hybridized carbons (Fsp3) is 0.600. The SMILES string of the molecule is Cc1csc2c(=O)n(CCNCC3CCCC3)cnc12. The minimum atomic E-state index is 0.0933. The molecule has 1 aliphatic rings. The highest BCUT2D eigenvalue weighted by atomic mass is 32.1. The molecule has 3 rings (SSSR count). The molecule has 1 fully saturated rings. The van der Waals surface area contributed by atoms with Crippen LogP contribution in [-0.4, -0.2) is 22.6 Å². The lowest BCUT2D eigenvalue weighted by Gasteiger charge is -2.11. The van der Waals surface area contributed by atoms with Crippen molar-refractivity contribution in [2.75, 3.05) is 13.1 Å². The molecule has 20 heavy (non-hydrogen) atoms. The van der Waals surface area contributed by atoms with Crippen LogP contribution in [-0.2, 0) is 6.54 Å². The van der Waals surface area contributed by atoms with Crippen LogP contribution in [0.5, 0.6) is 0 Å². The molecule has 108 valence electrons. The first-order chi connectivity index (χ1) is 9.75. The van der Waals surface area contributed by atoms with Crippen molar-refractivity contribution in [3.05, 3.63) is 27.6 Å². The van der Waals surface area contributed by atoms with Crippen LogP contribution in [0, 0.1) is 12.8 Å². The Morgan fingerprint density at radius 1 is 1.45 bits per heavy atom. The van der Waals surface area contributed by atoms with Crippen molar-refractivity contribution in [1.82, 2.24) is 14.9 Å². The van der Waals surface area contributed by atoms with E-state index in [4.69, 9.17) is 0 Å². The second kappa shape index (κ2) is 6.06. The van der Waals surface area contributed by atoms with Gasteiger partial charge in [0.15, 0.2) is 0 Å². The Bertz CT molecular complexity index is 640. The summed E-state index contributed by atoms with van der Waals surface area (Å²) in [6.45, 7) is 4.63.